The maximum atomic E-state index is 12.6. The summed E-state index contributed by atoms with van der Waals surface area (Å²) in [5.41, 5.74) is 0. The molecule has 0 aromatic carbocycles. The van der Waals surface area contributed by atoms with Gasteiger partial charge in [-0.3, -0.25) is 0 Å². The number of rotatable bonds is 6. The predicted octanol–water partition coefficient (Wildman–Crippen LogP) is 3.24. The lowest BCUT2D eigenvalue weighted by molar-refractivity contribution is -0.137. The smallest absolute Gasteiger partial charge is 0.379 e. The van der Waals surface area contributed by atoms with E-state index < -0.39 is 11.2 Å². The minimum absolute atomic E-state index is 0.0820. The van der Waals surface area contributed by atoms with Gasteiger partial charge in [-0.25, -0.2) is 4.98 Å². The van der Waals surface area contributed by atoms with Gasteiger partial charge in [0.25, 0.3) is 0 Å². The monoisotopic (exact) mass is 294 g/mol. The van der Waals surface area contributed by atoms with E-state index in [2.05, 4.69) is 10.3 Å². The van der Waals surface area contributed by atoms with Crippen molar-refractivity contribution in [2.45, 2.75) is 38.1 Å². The first-order valence-corrected chi connectivity index (χ1v) is 7.08. The number of nitrogens with one attached hydrogen (secondary N) is 1. The van der Waals surface area contributed by atoms with Crippen LogP contribution in [0.1, 0.15) is 35.7 Å². The molecule has 3 nitrogen and oxygen atoms in total. The molecule has 2 unspecified atom stereocenters. The third-order valence-electron chi connectivity index (χ3n) is 3.18. The van der Waals surface area contributed by atoms with Crippen molar-refractivity contribution in [2.24, 2.45) is 5.92 Å². The average Bonchev–Trinajstić information content (AvgIpc) is 3.04. The second kappa shape index (κ2) is 5.76. The molecule has 7 heteroatoms. The van der Waals surface area contributed by atoms with Gasteiger partial charge in [0.2, 0.25) is 0 Å². The summed E-state index contributed by atoms with van der Waals surface area (Å²) in [7, 11) is 1.61. The first-order chi connectivity index (χ1) is 8.97. The van der Waals surface area contributed by atoms with Crippen molar-refractivity contribution in [2.75, 3.05) is 13.7 Å². The predicted molar refractivity (Wildman–Crippen MR) is 67.1 cm³/mol. The van der Waals surface area contributed by atoms with Crippen LogP contribution in [0.15, 0.2) is 6.20 Å². The summed E-state index contributed by atoms with van der Waals surface area (Å²) in [4.78, 5) is 4.08. The van der Waals surface area contributed by atoms with Gasteiger partial charge >= 0.3 is 6.18 Å². The zero-order valence-electron chi connectivity index (χ0n) is 10.8. The normalized spacial score (nSPS) is 19.4. The highest BCUT2D eigenvalue weighted by molar-refractivity contribution is 7.11. The fourth-order valence-corrected chi connectivity index (χ4v) is 3.08. The van der Waals surface area contributed by atoms with Gasteiger partial charge in [0.15, 0.2) is 5.01 Å². The van der Waals surface area contributed by atoms with Crippen LogP contribution < -0.4 is 5.32 Å². The van der Waals surface area contributed by atoms with Crippen molar-refractivity contribution in [1.29, 1.82) is 0 Å². The highest BCUT2D eigenvalue weighted by Gasteiger charge is 2.40. The van der Waals surface area contributed by atoms with Gasteiger partial charge in [0.05, 0.1) is 12.1 Å². The van der Waals surface area contributed by atoms with E-state index in [4.69, 9.17) is 4.74 Å². The lowest BCUT2D eigenvalue weighted by Crippen LogP contribution is -2.34. The number of halogens is 3. The fraction of sp³-hybridized carbons (Fsp3) is 0.750. The van der Waals surface area contributed by atoms with E-state index in [-0.39, 0.29) is 12.1 Å². The molecule has 0 spiro atoms. The Bertz CT molecular complexity index is 417. The topological polar surface area (TPSA) is 34.2 Å². The Morgan fingerprint density at radius 1 is 1.53 bits per heavy atom. The summed E-state index contributed by atoms with van der Waals surface area (Å²) >= 11 is 0.698. The Balaban J connectivity index is 2.20. The number of ether oxygens (including phenoxy) is 1. The van der Waals surface area contributed by atoms with E-state index in [1.54, 1.807) is 7.11 Å². The number of aromatic nitrogens is 1. The van der Waals surface area contributed by atoms with Crippen molar-refractivity contribution >= 4 is 11.3 Å². The molecule has 19 heavy (non-hydrogen) atoms. The molecule has 2 rings (SSSR count). The molecule has 108 valence electrons. The van der Waals surface area contributed by atoms with Crippen LogP contribution >= 0.6 is 11.3 Å². The molecule has 2 atom stereocenters. The van der Waals surface area contributed by atoms with Gasteiger partial charge in [-0.1, -0.05) is 6.92 Å². The Morgan fingerprint density at radius 3 is 2.63 bits per heavy atom. The van der Waals surface area contributed by atoms with Gasteiger partial charge in [-0.2, -0.15) is 13.2 Å². The quantitative estimate of drug-likeness (QED) is 0.874. The van der Waals surface area contributed by atoms with Crippen molar-refractivity contribution in [1.82, 2.24) is 10.3 Å². The summed E-state index contributed by atoms with van der Waals surface area (Å²) in [5, 5.41) is 2.42. The van der Waals surface area contributed by atoms with Gasteiger partial charge in [0, 0.05) is 18.2 Å². The molecule has 1 heterocycles. The third-order valence-corrected chi connectivity index (χ3v) is 4.31. The van der Waals surface area contributed by atoms with E-state index in [0.29, 0.717) is 28.7 Å². The van der Waals surface area contributed by atoms with Crippen LogP contribution in [0.5, 0.6) is 0 Å². The summed E-state index contributed by atoms with van der Waals surface area (Å²) in [5.74, 6) is 0.436. The Kier molecular flexibility index (Phi) is 4.47. The first kappa shape index (κ1) is 14.7. The molecule has 0 amide bonds. The molecule has 1 aliphatic rings. The molecule has 0 aliphatic heterocycles. The molecule has 1 N–H and O–H groups in total. The van der Waals surface area contributed by atoms with Crippen LogP contribution in [0.2, 0.25) is 0 Å². The van der Waals surface area contributed by atoms with E-state index in [9.17, 15) is 13.2 Å². The molecular formula is C12H17F3N2OS. The zero-order valence-corrected chi connectivity index (χ0v) is 11.6. The second-order valence-corrected chi connectivity index (χ2v) is 5.70. The number of alkyl halides is 3. The lowest BCUT2D eigenvalue weighted by atomic mass is 10.1. The third kappa shape index (κ3) is 3.46. The Labute approximate surface area is 114 Å². The Hall–Kier alpha value is -0.660. The number of methoxy groups -OCH3 is 1. The second-order valence-electron chi connectivity index (χ2n) is 4.64. The number of nitrogens with zero attached hydrogens (tertiary/aromatic N) is 1. The molecule has 0 radical (unpaired) electrons. The van der Waals surface area contributed by atoms with Gasteiger partial charge in [0.1, 0.15) is 0 Å². The van der Waals surface area contributed by atoms with Crippen LogP contribution in [0.4, 0.5) is 13.2 Å². The van der Waals surface area contributed by atoms with Crippen molar-refractivity contribution < 1.29 is 17.9 Å². The molecule has 1 aromatic rings. The standard InChI is InChI=1S/C12H17F3N2OS/c1-3-16-9(10(18-2)7-4-5-7)8-6-17-11(19-8)12(13,14)15/h6-7,9-10,16H,3-5H2,1-2H3. The molecule has 1 saturated carbocycles. The van der Waals surface area contributed by atoms with E-state index in [1.807, 2.05) is 6.92 Å². The summed E-state index contributed by atoms with van der Waals surface area (Å²) in [6, 6.07) is -0.212. The van der Waals surface area contributed by atoms with Crippen molar-refractivity contribution in [3.8, 4) is 0 Å². The zero-order chi connectivity index (χ0) is 14.0. The highest BCUT2D eigenvalue weighted by atomic mass is 32.1. The number of hydrogen-bond donors (Lipinski definition) is 1. The van der Waals surface area contributed by atoms with Gasteiger partial charge < -0.3 is 10.1 Å². The van der Waals surface area contributed by atoms with Gasteiger partial charge in [-0.05, 0) is 25.3 Å². The highest BCUT2D eigenvalue weighted by Crippen LogP contribution is 2.42. The summed E-state index contributed by atoms with van der Waals surface area (Å²) in [6.45, 7) is 2.61. The largest absolute Gasteiger partial charge is 0.443 e. The first-order valence-electron chi connectivity index (χ1n) is 6.26. The van der Waals surface area contributed by atoms with Crippen LogP contribution in [0, 0.1) is 5.92 Å². The van der Waals surface area contributed by atoms with Crippen LogP contribution in [-0.4, -0.2) is 24.7 Å². The molecule has 1 aromatic heterocycles. The lowest BCUT2D eigenvalue weighted by Gasteiger charge is -2.25. The van der Waals surface area contributed by atoms with E-state index in [0.717, 1.165) is 12.8 Å². The molecule has 0 saturated heterocycles. The Morgan fingerprint density at radius 2 is 2.21 bits per heavy atom. The van der Waals surface area contributed by atoms with Crippen LogP contribution in [0.3, 0.4) is 0 Å². The fourth-order valence-electron chi connectivity index (χ4n) is 2.19. The summed E-state index contributed by atoms with van der Waals surface area (Å²) < 4.78 is 43.3. The van der Waals surface area contributed by atoms with E-state index >= 15 is 0 Å². The number of likely N-dealkylation sites (N-methyl/N-ethyl adjacent to an activating group) is 1. The SMILES string of the molecule is CCNC(c1cnc(C(F)(F)F)s1)C(OC)C1CC1. The molecule has 1 fully saturated rings. The number of hydrogen-bond acceptors (Lipinski definition) is 4. The number of thiazole rings is 1. The maximum Gasteiger partial charge on any atom is 0.443 e. The van der Waals surface area contributed by atoms with E-state index in [1.165, 1.54) is 6.20 Å². The summed E-state index contributed by atoms with van der Waals surface area (Å²) in [6.07, 6.45) is -0.991. The van der Waals surface area contributed by atoms with Crippen molar-refractivity contribution in [3.05, 3.63) is 16.1 Å². The molecule has 0 bridgehead atoms. The van der Waals surface area contributed by atoms with Crippen LogP contribution in [0.25, 0.3) is 0 Å². The van der Waals surface area contributed by atoms with Crippen molar-refractivity contribution in [3.63, 3.8) is 0 Å². The minimum atomic E-state index is -4.37. The molecule has 1 aliphatic carbocycles. The minimum Gasteiger partial charge on any atom is -0.379 e. The average molecular weight is 294 g/mol. The van der Waals surface area contributed by atoms with Gasteiger partial charge in [-0.15, -0.1) is 11.3 Å². The van der Waals surface area contributed by atoms with Crippen LogP contribution in [-0.2, 0) is 10.9 Å². The maximum absolute atomic E-state index is 12.6. The molecular weight excluding hydrogens is 277 g/mol.